The number of thioether (sulfide) groups is 1. The molecular formula is C15H14S. The highest BCUT2D eigenvalue weighted by Gasteiger charge is 2.19. The fourth-order valence-corrected chi connectivity index (χ4v) is 3.28. The van der Waals surface area contributed by atoms with Crippen LogP contribution in [0.1, 0.15) is 24.0 Å². The Kier molecular flexibility index (Phi) is 2.29. The van der Waals surface area contributed by atoms with E-state index in [1.165, 1.54) is 26.5 Å². The Bertz CT molecular complexity index is 532. The average molecular weight is 226 g/mol. The van der Waals surface area contributed by atoms with E-state index in [2.05, 4.69) is 56.4 Å². The molecule has 0 nitrogen and oxygen atoms in total. The largest absolute Gasteiger partial charge is 0.0901 e. The summed E-state index contributed by atoms with van der Waals surface area (Å²) in [7, 11) is 0. The van der Waals surface area contributed by atoms with Crippen molar-refractivity contribution in [3.63, 3.8) is 0 Å². The standard InChI is InChI=1S/C15H14S/c1-10-3-5-13-9-12(7-10)14-8-11(2)4-6-15(14)16-13/h3-9,12H,1-2H3. The van der Waals surface area contributed by atoms with E-state index in [9.17, 15) is 0 Å². The van der Waals surface area contributed by atoms with E-state index < -0.39 is 0 Å². The van der Waals surface area contributed by atoms with Gasteiger partial charge in [-0.05, 0) is 31.6 Å². The SMILES string of the molecule is CC1=CC2C=C(C=C1)Sc1ccc(C)cc12. The molecule has 0 saturated carbocycles. The number of hydrogen-bond donors (Lipinski definition) is 0. The molecule has 2 bridgehead atoms. The maximum Gasteiger partial charge on any atom is 0.0229 e. The molecular weight excluding hydrogens is 212 g/mol. The van der Waals surface area contributed by atoms with Crippen LogP contribution in [0.4, 0.5) is 0 Å². The molecule has 0 aromatic heterocycles. The van der Waals surface area contributed by atoms with Crippen LogP contribution in [0.5, 0.6) is 0 Å². The first-order valence-corrected chi connectivity index (χ1v) is 6.41. The molecule has 1 aromatic rings. The van der Waals surface area contributed by atoms with Crippen molar-refractivity contribution < 1.29 is 0 Å². The van der Waals surface area contributed by atoms with Crippen molar-refractivity contribution >= 4 is 11.8 Å². The zero-order valence-electron chi connectivity index (χ0n) is 9.53. The minimum atomic E-state index is 0.459. The second-order valence-corrected chi connectivity index (χ2v) is 5.60. The second kappa shape index (κ2) is 3.67. The zero-order chi connectivity index (χ0) is 11.1. The van der Waals surface area contributed by atoms with Gasteiger partial charge in [-0.1, -0.05) is 53.3 Å². The quantitative estimate of drug-likeness (QED) is 0.623. The molecule has 1 heterocycles. The second-order valence-electron chi connectivity index (χ2n) is 4.48. The first-order valence-electron chi connectivity index (χ1n) is 5.59. The van der Waals surface area contributed by atoms with Gasteiger partial charge in [-0.2, -0.15) is 0 Å². The van der Waals surface area contributed by atoms with Crippen molar-refractivity contribution in [2.45, 2.75) is 24.7 Å². The molecule has 0 saturated heterocycles. The minimum Gasteiger partial charge on any atom is -0.0901 e. The van der Waals surface area contributed by atoms with Gasteiger partial charge in [0.25, 0.3) is 0 Å². The number of hydrogen-bond acceptors (Lipinski definition) is 1. The van der Waals surface area contributed by atoms with E-state index in [1.54, 1.807) is 0 Å². The zero-order valence-corrected chi connectivity index (χ0v) is 10.3. The first-order chi connectivity index (χ1) is 7.72. The number of allylic oxidation sites excluding steroid dienone is 5. The van der Waals surface area contributed by atoms with Crippen molar-refractivity contribution in [3.05, 3.63) is 64.1 Å². The van der Waals surface area contributed by atoms with Gasteiger partial charge in [0, 0.05) is 15.7 Å². The van der Waals surface area contributed by atoms with E-state index in [1.807, 2.05) is 11.8 Å². The van der Waals surface area contributed by atoms with Crippen LogP contribution in [0.25, 0.3) is 0 Å². The van der Waals surface area contributed by atoms with Crippen molar-refractivity contribution in [1.29, 1.82) is 0 Å². The highest BCUT2D eigenvalue weighted by Crippen LogP contribution is 2.43. The molecule has 3 rings (SSSR count). The molecule has 1 aliphatic carbocycles. The molecule has 1 aliphatic heterocycles. The van der Waals surface area contributed by atoms with Crippen LogP contribution in [-0.2, 0) is 0 Å². The molecule has 1 atom stereocenters. The van der Waals surface area contributed by atoms with Gasteiger partial charge in [-0.15, -0.1) is 0 Å². The summed E-state index contributed by atoms with van der Waals surface area (Å²) in [5, 5.41) is 0. The van der Waals surface area contributed by atoms with Gasteiger partial charge < -0.3 is 0 Å². The Morgan fingerprint density at radius 2 is 1.94 bits per heavy atom. The summed E-state index contributed by atoms with van der Waals surface area (Å²) in [5.41, 5.74) is 4.16. The van der Waals surface area contributed by atoms with Gasteiger partial charge in [0.1, 0.15) is 0 Å². The Balaban J connectivity index is 2.17. The highest BCUT2D eigenvalue weighted by atomic mass is 32.2. The molecule has 0 amide bonds. The van der Waals surface area contributed by atoms with Gasteiger partial charge in [0.2, 0.25) is 0 Å². The molecule has 1 aromatic carbocycles. The number of aryl methyl sites for hydroxylation is 1. The van der Waals surface area contributed by atoms with Gasteiger partial charge in [0.05, 0.1) is 0 Å². The molecule has 1 heteroatoms. The normalized spacial score (nSPS) is 22.0. The summed E-state index contributed by atoms with van der Waals surface area (Å²) in [6.45, 7) is 4.33. The van der Waals surface area contributed by atoms with Crippen molar-refractivity contribution in [2.75, 3.05) is 0 Å². The summed E-state index contributed by atoms with van der Waals surface area (Å²) in [6.07, 6.45) is 9.14. The van der Waals surface area contributed by atoms with Gasteiger partial charge in [-0.25, -0.2) is 0 Å². The molecule has 0 radical (unpaired) electrons. The maximum atomic E-state index is 2.36. The fourth-order valence-electron chi connectivity index (χ4n) is 2.23. The lowest BCUT2D eigenvalue weighted by molar-refractivity contribution is 1.01. The Hall–Kier alpha value is -1.21. The van der Waals surface area contributed by atoms with Gasteiger partial charge >= 0.3 is 0 Å². The highest BCUT2D eigenvalue weighted by molar-refractivity contribution is 8.03. The molecule has 0 fully saturated rings. The third-order valence-corrected chi connectivity index (χ3v) is 4.15. The monoisotopic (exact) mass is 226 g/mol. The maximum absolute atomic E-state index is 2.36. The Labute approximate surface area is 101 Å². The molecule has 0 N–H and O–H groups in total. The van der Waals surface area contributed by atoms with Crippen LogP contribution in [0.3, 0.4) is 0 Å². The fraction of sp³-hybridized carbons (Fsp3) is 0.200. The van der Waals surface area contributed by atoms with Crippen LogP contribution in [0.15, 0.2) is 57.9 Å². The van der Waals surface area contributed by atoms with Crippen molar-refractivity contribution in [2.24, 2.45) is 0 Å². The van der Waals surface area contributed by atoms with Crippen LogP contribution in [0, 0.1) is 6.92 Å². The summed E-state index contributed by atoms with van der Waals surface area (Å²) in [4.78, 5) is 2.78. The number of fused-ring (bicyclic) bond motifs is 3. The van der Waals surface area contributed by atoms with E-state index in [-0.39, 0.29) is 0 Å². The summed E-state index contributed by atoms with van der Waals surface area (Å²) < 4.78 is 0. The lowest BCUT2D eigenvalue weighted by Crippen LogP contribution is -2.00. The lowest BCUT2D eigenvalue weighted by atomic mass is 9.95. The molecule has 2 aliphatic rings. The Morgan fingerprint density at radius 3 is 2.81 bits per heavy atom. The average Bonchev–Trinajstić information content (AvgIpc) is 2.41. The van der Waals surface area contributed by atoms with Crippen molar-refractivity contribution in [3.8, 4) is 0 Å². The first kappa shape index (κ1) is 9.98. The van der Waals surface area contributed by atoms with E-state index >= 15 is 0 Å². The Morgan fingerprint density at radius 1 is 1.06 bits per heavy atom. The predicted octanol–water partition coefficient (Wildman–Crippen LogP) is 4.58. The van der Waals surface area contributed by atoms with Crippen LogP contribution >= 0.6 is 11.8 Å². The van der Waals surface area contributed by atoms with Crippen molar-refractivity contribution in [1.82, 2.24) is 0 Å². The van der Waals surface area contributed by atoms with Gasteiger partial charge in [0.15, 0.2) is 0 Å². The molecule has 80 valence electrons. The lowest BCUT2D eigenvalue weighted by Gasteiger charge is -2.20. The van der Waals surface area contributed by atoms with E-state index in [0.29, 0.717) is 5.92 Å². The summed E-state index contributed by atoms with van der Waals surface area (Å²) in [6, 6.07) is 6.76. The smallest absolute Gasteiger partial charge is 0.0229 e. The number of benzene rings is 1. The molecule has 16 heavy (non-hydrogen) atoms. The van der Waals surface area contributed by atoms with E-state index in [4.69, 9.17) is 0 Å². The van der Waals surface area contributed by atoms with E-state index in [0.717, 1.165) is 0 Å². The number of rotatable bonds is 0. The van der Waals surface area contributed by atoms with Crippen LogP contribution in [-0.4, -0.2) is 0 Å². The third kappa shape index (κ3) is 1.65. The van der Waals surface area contributed by atoms with Crippen LogP contribution in [0.2, 0.25) is 0 Å². The predicted molar refractivity (Wildman–Crippen MR) is 70.8 cm³/mol. The van der Waals surface area contributed by atoms with Crippen LogP contribution < -0.4 is 0 Å². The molecule has 1 unspecified atom stereocenters. The third-order valence-electron chi connectivity index (χ3n) is 3.05. The summed E-state index contributed by atoms with van der Waals surface area (Å²) >= 11 is 1.88. The summed E-state index contributed by atoms with van der Waals surface area (Å²) in [5.74, 6) is 0.459. The minimum absolute atomic E-state index is 0.459. The van der Waals surface area contributed by atoms with Gasteiger partial charge in [-0.3, -0.25) is 0 Å². The topological polar surface area (TPSA) is 0 Å². The molecule has 0 spiro atoms.